The van der Waals surface area contributed by atoms with Gasteiger partial charge in [-0.2, -0.15) is 0 Å². The van der Waals surface area contributed by atoms with Crippen LogP contribution in [0.4, 0.5) is 0 Å². The number of hydrogen-bond donors (Lipinski definition) is 0. The molecule has 0 spiro atoms. The number of aromatic nitrogens is 8. The smallest absolute Gasteiger partial charge is 0.202 e. The van der Waals surface area contributed by atoms with Crippen molar-refractivity contribution in [2.75, 3.05) is 0 Å². The summed E-state index contributed by atoms with van der Waals surface area (Å²) in [6, 6.07) is 13.9. The van der Waals surface area contributed by atoms with Crippen LogP contribution in [0.5, 0.6) is 0 Å². The second-order valence-electron chi connectivity index (χ2n) is 5.59. The third kappa shape index (κ3) is 2.33. The molecular weight excluding hydrogens is 324 g/mol. The second kappa shape index (κ2) is 5.38. The molecule has 3 aromatic heterocycles. The van der Waals surface area contributed by atoms with Gasteiger partial charge in [0.1, 0.15) is 10.9 Å². The summed E-state index contributed by atoms with van der Waals surface area (Å²) in [5.74, 6) is 1.52. The second-order valence-corrected chi connectivity index (χ2v) is 6.57. The fourth-order valence-corrected chi connectivity index (χ4v) is 3.37. The minimum atomic E-state index is 0.502. The Morgan fingerprint density at radius 1 is 0.958 bits per heavy atom. The molecule has 1 aliphatic carbocycles. The van der Waals surface area contributed by atoms with Crippen molar-refractivity contribution < 1.29 is 0 Å². The van der Waals surface area contributed by atoms with Gasteiger partial charge in [-0.15, -0.1) is 25.0 Å². The molecule has 0 unspecified atom stereocenters. The van der Waals surface area contributed by atoms with Crippen LogP contribution >= 0.6 is 11.8 Å². The van der Waals surface area contributed by atoms with E-state index in [1.807, 2.05) is 30.3 Å². The quantitative estimate of drug-likeness (QED) is 0.564. The first-order valence-electron chi connectivity index (χ1n) is 7.62. The Kier molecular flexibility index (Phi) is 3.05. The minimum Gasteiger partial charge on any atom is -0.273 e. The van der Waals surface area contributed by atoms with Gasteiger partial charge in [-0.3, -0.25) is 4.57 Å². The lowest BCUT2D eigenvalue weighted by Crippen LogP contribution is -2.02. The van der Waals surface area contributed by atoms with E-state index in [1.54, 1.807) is 0 Å². The molecular formula is C15H12N8S. The molecule has 1 fully saturated rings. The van der Waals surface area contributed by atoms with Crippen molar-refractivity contribution in [3.63, 3.8) is 0 Å². The van der Waals surface area contributed by atoms with Crippen LogP contribution in [-0.2, 0) is 0 Å². The Balaban J connectivity index is 1.57. The van der Waals surface area contributed by atoms with Gasteiger partial charge in [0.15, 0.2) is 5.65 Å². The average Bonchev–Trinajstić information content (AvgIpc) is 3.21. The standard InChI is InChI=1S/C15H12N8S/c1-2-4-11(5-3-1)22-14(10-6-7-10)17-18-15(22)24-13-9-8-12-16-20-21-23(12)19-13/h1-5,8-10H,6-7H2. The molecule has 118 valence electrons. The zero-order valence-corrected chi connectivity index (χ0v) is 13.3. The van der Waals surface area contributed by atoms with Crippen LogP contribution in [0.1, 0.15) is 24.6 Å². The highest BCUT2D eigenvalue weighted by Crippen LogP contribution is 2.41. The highest BCUT2D eigenvalue weighted by atomic mass is 32.2. The number of fused-ring (bicyclic) bond motifs is 1. The van der Waals surface area contributed by atoms with E-state index in [-0.39, 0.29) is 0 Å². The van der Waals surface area contributed by atoms with E-state index in [1.165, 1.54) is 29.2 Å². The van der Waals surface area contributed by atoms with Crippen LogP contribution in [0, 0.1) is 0 Å². The number of para-hydroxylation sites is 1. The maximum atomic E-state index is 4.42. The third-order valence-corrected chi connectivity index (χ3v) is 4.73. The number of tetrazole rings is 1. The Bertz CT molecular complexity index is 1000. The monoisotopic (exact) mass is 336 g/mol. The molecule has 9 heteroatoms. The molecule has 1 aliphatic rings. The SMILES string of the molecule is c1ccc(-n2c(Sc3ccc4nnnn4n3)nnc2C2CC2)cc1. The van der Waals surface area contributed by atoms with Gasteiger partial charge in [-0.05, 0) is 59.3 Å². The van der Waals surface area contributed by atoms with Crippen molar-refractivity contribution in [1.82, 2.24) is 40.0 Å². The maximum absolute atomic E-state index is 4.42. The lowest BCUT2D eigenvalue weighted by molar-refractivity contribution is 0.701. The van der Waals surface area contributed by atoms with E-state index in [2.05, 4.69) is 47.5 Å². The molecule has 8 nitrogen and oxygen atoms in total. The summed E-state index contributed by atoms with van der Waals surface area (Å²) in [6.07, 6.45) is 2.34. The summed E-state index contributed by atoms with van der Waals surface area (Å²) in [7, 11) is 0. The fraction of sp³-hybridized carbons (Fsp3) is 0.200. The van der Waals surface area contributed by atoms with Crippen molar-refractivity contribution in [1.29, 1.82) is 0 Å². The maximum Gasteiger partial charge on any atom is 0.202 e. The summed E-state index contributed by atoms with van der Waals surface area (Å²) in [4.78, 5) is 0. The Morgan fingerprint density at radius 3 is 2.67 bits per heavy atom. The topological polar surface area (TPSA) is 86.7 Å². The molecule has 5 rings (SSSR count). The first-order valence-corrected chi connectivity index (χ1v) is 8.44. The van der Waals surface area contributed by atoms with Crippen LogP contribution in [-0.4, -0.2) is 40.0 Å². The first-order chi connectivity index (χ1) is 11.9. The molecule has 0 aliphatic heterocycles. The fourth-order valence-electron chi connectivity index (χ4n) is 2.55. The van der Waals surface area contributed by atoms with Crippen molar-refractivity contribution in [3.05, 3.63) is 48.3 Å². The molecule has 24 heavy (non-hydrogen) atoms. The molecule has 3 heterocycles. The van der Waals surface area contributed by atoms with Gasteiger partial charge in [0.25, 0.3) is 0 Å². The van der Waals surface area contributed by atoms with Crippen LogP contribution in [0.2, 0.25) is 0 Å². The molecule has 0 amide bonds. The Morgan fingerprint density at radius 2 is 1.83 bits per heavy atom. The van der Waals surface area contributed by atoms with Crippen LogP contribution < -0.4 is 0 Å². The summed E-state index contributed by atoms with van der Waals surface area (Å²) < 4.78 is 3.53. The molecule has 0 bridgehead atoms. The number of benzene rings is 1. The van der Waals surface area contributed by atoms with Gasteiger partial charge in [0, 0.05) is 11.6 Å². The molecule has 1 aromatic carbocycles. The van der Waals surface area contributed by atoms with Gasteiger partial charge >= 0.3 is 0 Å². The normalized spacial score (nSPS) is 14.3. The molecule has 1 saturated carbocycles. The number of rotatable bonds is 4. The van der Waals surface area contributed by atoms with Crippen molar-refractivity contribution in [2.45, 2.75) is 28.9 Å². The van der Waals surface area contributed by atoms with E-state index in [0.29, 0.717) is 11.6 Å². The van der Waals surface area contributed by atoms with E-state index in [0.717, 1.165) is 21.7 Å². The zero-order chi connectivity index (χ0) is 15.9. The molecule has 0 atom stereocenters. The molecule has 4 aromatic rings. The summed E-state index contributed by atoms with van der Waals surface area (Å²) >= 11 is 1.46. The highest BCUT2D eigenvalue weighted by molar-refractivity contribution is 7.99. The van der Waals surface area contributed by atoms with E-state index in [9.17, 15) is 0 Å². The lowest BCUT2D eigenvalue weighted by Gasteiger charge is -2.09. The summed E-state index contributed by atoms with van der Waals surface area (Å²) in [5, 5.41) is 26.1. The predicted octanol–water partition coefficient (Wildman–Crippen LogP) is 2.13. The van der Waals surface area contributed by atoms with Gasteiger partial charge in [0.2, 0.25) is 5.16 Å². The predicted molar refractivity (Wildman–Crippen MR) is 86.0 cm³/mol. The van der Waals surface area contributed by atoms with Crippen molar-refractivity contribution in [2.24, 2.45) is 0 Å². The first kappa shape index (κ1) is 13.6. The van der Waals surface area contributed by atoms with Crippen molar-refractivity contribution >= 4 is 17.4 Å². The van der Waals surface area contributed by atoms with Gasteiger partial charge in [0.05, 0.1) is 0 Å². The molecule has 0 N–H and O–H groups in total. The third-order valence-electron chi connectivity index (χ3n) is 3.86. The van der Waals surface area contributed by atoms with Crippen molar-refractivity contribution in [3.8, 4) is 5.69 Å². The lowest BCUT2D eigenvalue weighted by atomic mass is 10.3. The van der Waals surface area contributed by atoms with Gasteiger partial charge in [-0.25, -0.2) is 0 Å². The van der Waals surface area contributed by atoms with E-state index >= 15 is 0 Å². The summed E-state index contributed by atoms with van der Waals surface area (Å²) in [5.41, 5.74) is 1.68. The largest absolute Gasteiger partial charge is 0.273 e. The minimum absolute atomic E-state index is 0.502. The Labute approximate surface area is 140 Å². The highest BCUT2D eigenvalue weighted by Gasteiger charge is 2.31. The van der Waals surface area contributed by atoms with E-state index in [4.69, 9.17) is 0 Å². The zero-order valence-electron chi connectivity index (χ0n) is 12.5. The van der Waals surface area contributed by atoms with Gasteiger partial charge < -0.3 is 0 Å². The molecule has 0 radical (unpaired) electrons. The Hall–Kier alpha value is -2.81. The van der Waals surface area contributed by atoms with Crippen LogP contribution in [0.25, 0.3) is 11.3 Å². The van der Waals surface area contributed by atoms with Crippen LogP contribution in [0.15, 0.2) is 52.6 Å². The van der Waals surface area contributed by atoms with E-state index < -0.39 is 0 Å². The number of hydrogen-bond acceptors (Lipinski definition) is 7. The molecule has 0 saturated heterocycles. The number of nitrogens with zero attached hydrogens (tertiary/aromatic N) is 8. The summed E-state index contributed by atoms with van der Waals surface area (Å²) in [6.45, 7) is 0. The van der Waals surface area contributed by atoms with Gasteiger partial charge in [-0.1, -0.05) is 18.2 Å². The average molecular weight is 336 g/mol. The van der Waals surface area contributed by atoms with Crippen LogP contribution in [0.3, 0.4) is 0 Å².